The Hall–Kier alpha value is -1.56. The van der Waals surface area contributed by atoms with Gasteiger partial charge in [-0.05, 0) is 58.8 Å². The van der Waals surface area contributed by atoms with Gasteiger partial charge >= 0.3 is 6.09 Å². The average Bonchev–Trinajstić information content (AvgIpc) is 3.31. The number of amides is 1. The summed E-state index contributed by atoms with van der Waals surface area (Å²) in [6.45, 7) is 8.07. The zero-order chi connectivity index (χ0) is 18.5. The van der Waals surface area contributed by atoms with Crippen LogP contribution in [0.4, 0.5) is 10.6 Å². The lowest BCUT2D eigenvalue weighted by Crippen LogP contribution is -2.50. The summed E-state index contributed by atoms with van der Waals surface area (Å²) < 4.78 is 5.56. The van der Waals surface area contributed by atoms with Gasteiger partial charge in [0.05, 0.1) is 0 Å². The Morgan fingerprint density at radius 1 is 1.19 bits per heavy atom. The van der Waals surface area contributed by atoms with E-state index >= 15 is 0 Å². The Kier molecular flexibility index (Phi) is 4.49. The molecule has 4 rings (SSSR count). The normalized spacial score (nSPS) is 23.2. The maximum absolute atomic E-state index is 12.5. The topological polar surface area (TPSA) is 58.6 Å². The Bertz CT molecular complexity index is 714. The van der Waals surface area contributed by atoms with Crippen molar-refractivity contribution in [2.75, 3.05) is 24.5 Å². The van der Waals surface area contributed by atoms with Crippen molar-refractivity contribution in [2.24, 2.45) is 0 Å². The Labute approximate surface area is 159 Å². The highest BCUT2D eigenvalue weighted by molar-refractivity contribution is 6.30. The maximum atomic E-state index is 12.5. The highest BCUT2D eigenvalue weighted by Crippen LogP contribution is 2.47. The summed E-state index contributed by atoms with van der Waals surface area (Å²) in [6.07, 6.45) is 5.19. The second-order valence-electron chi connectivity index (χ2n) is 8.65. The molecule has 1 aromatic rings. The number of aromatic nitrogens is 2. The van der Waals surface area contributed by atoms with Crippen LogP contribution in [0.25, 0.3) is 0 Å². The number of piperidine rings is 1. The van der Waals surface area contributed by atoms with E-state index in [1.54, 1.807) is 0 Å². The van der Waals surface area contributed by atoms with Crippen molar-refractivity contribution in [3.8, 4) is 0 Å². The van der Waals surface area contributed by atoms with Gasteiger partial charge in [-0.1, -0.05) is 11.6 Å². The molecule has 3 heterocycles. The predicted molar refractivity (Wildman–Crippen MR) is 101 cm³/mol. The minimum absolute atomic E-state index is 0.220. The summed E-state index contributed by atoms with van der Waals surface area (Å²) in [6, 6.07) is 0.264. The number of anilines is 1. The van der Waals surface area contributed by atoms with E-state index < -0.39 is 5.60 Å². The number of hydrogen-bond donors (Lipinski definition) is 0. The molecule has 2 aliphatic heterocycles. The van der Waals surface area contributed by atoms with Gasteiger partial charge in [0.15, 0.2) is 11.0 Å². The summed E-state index contributed by atoms with van der Waals surface area (Å²) in [7, 11) is 0. The molecule has 0 radical (unpaired) electrons. The SMILES string of the molecule is CC(C)(C)OC(=O)N1CCC[C@@H](N2CCc3c2nnc(Cl)c3C2CC2)C1. The molecule has 1 amide bonds. The molecule has 0 unspecified atom stereocenters. The van der Waals surface area contributed by atoms with E-state index in [2.05, 4.69) is 15.1 Å². The van der Waals surface area contributed by atoms with Gasteiger partial charge in [-0.15, -0.1) is 10.2 Å². The first-order chi connectivity index (χ1) is 12.3. The van der Waals surface area contributed by atoms with Crippen LogP contribution in [0.1, 0.15) is 63.5 Å². The molecule has 142 valence electrons. The third-order valence-electron chi connectivity index (χ3n) is 5.40. The van der Waals surface area contributed by atoms with E-state index in [1.165, 1.54) is 24.0 Å². The molecule has 0 bridgehead atoms. The third kappa shape index (κ3) is 3.48. The molecule has 3 aliphatic rings. The van der Waals surface area contributed by atoms with Crippen molar-refractivity contribution in [1.82, 2.24) is 15.1 Å². The summed E-state index contributed by atoms with van der Waals surface area (Å²) in [5.74, 6) is 1.55. The number of nitrogens with zero attached hydrogens (tertiary/aromatic N) is 4. The highest BCUT2D eigenvalue weighted by atomic mass is 35.5. The smallest absolute Gasteiger partial charge is 0.410 e. The molecule has 1 aliphatic carbocycles. The molecule has 1 saturated carbocycles. The molecule has 1 aromatic heterocycles. The van der Waals surface area contributed by atoms with Crippen LogP contribution in [0.15, 0.2) is 0 Å². The van der Waals surface area contributed by atoms with Gasteiger partial charge < -0.3 is 14.5 Å². The minimum atomic E-state index is -0.467. The van der Waals surface area contributed by atoms with Crippen LogP contribution in [0, 0.1) is 0 Å². The highest BCUT2D eigenvalue weighted by Gasteiger charge is 2.38. The van der Waals surface area contributed by atoms with Gasteiger partial charge in [-0.25, -0.2) is 4.79 Å². The first-order valence-corrected chi connectivity index (χ1v) is 10.0. The van der Waals surface area contributed by atoms with Gasteiger partial charge in [0.2, 0.25) is 0 Å². The van der Waals surface area contributed by atoms with Gasteiger partial charge in [0.1, 0.15) is 5.60 Å². The molecule has 0 spiro atoms. The Morgan fingerprint density at radius 2 is 1.96 bits per heavy atom. The number of ether oxygens (including phenoxy) is 1. The Balaban J connectivity index is 1.51. The van der Waals surface area contributed by atoms with Crippen molar-refractivity contribution in [3.63, 3.8) is 0 Å². The van der Waals surface area contributed by atoms with Crippen LogP contribution in [-0.4, -0.2) is 52.5 Å². The van der Waals surface area contributed by atoms with Crippen molar-refractivity contribution >= 4 is 23.5 Å². The quantitative estimate of drug-likeness (QED) is 0.784. The number of rotatable bonds is 2. The number of halogens is 1. The fourth-order valence-corrected chi connectivity index (χ4v) is 4.42. The van der Waals surface area contributed by atoms with Crippen LogP contribution >= 0.6 is 11.6 Å². The molecular weight excluding hydrogens is 352 g/mol. The van der Waals surface area contributed by atoms with E-state index in [0.29, 0.717) is 17.6 Å². The van der Waals surface area contributed by atoms with E-state index in [1.807, 2.05) is 25.7 Å². The second kappa shape index (κ2) is 6.55. The fraction of sp³-hybridized carbons (Fsp3) is 0.737. The van der Waals surface area contributed by atoms with Crippen molar-refractivity contribution in [3.05, 3.63) is 16.3 Å². The zero-order valence-corrected chi connectivity index (χ0v) is 16.6. The lowest BCUT2D eigenvalue weighted by Gasteiger charge is -2.38. The molecule has 1 saturated heterocycles. The maximum Gasteiger partial charge on any atom is 0.410 e. The fourth-order valence-electron chi connectivity index (χ4n) is 4.11. The lowest BCUT2D eigenvalue weighted by molar-refractivity contribution is 0.0198. The van der Waals surface area contributed by atoms with E-state index in [9.17, 15) is 4.79 Å². The predicted octanol–water partition coefficient (Wildman–Crippen LogP) is 3.77. The van der Waals surface area contributed by atoms with Gasteiger partial charge in [0.25, 0.3) is 0 Å². The first kappa shape index (κ1) is 17.8. The van der Waals surface area contributed by atoms with Crippen molar-refractivity contribution in [1.29, 1.82) is 0 Å². The zero-order valence-electron chi connectivity index (χ0n) is 15.8. The van der Waals surface area contributed by atoms with E-state index in [4.69, 9.17) is 16.3 Å². The number of carbonyl (C=O) groups excluding carboxylic acids is 1. The second-order valence-corrected chi connectivity index (χ2v) is 9.00. The molecule has 6 nitrogen and oxygen atoms in total. The van der Waals surface area contributed by atoms with Gasteiger partial charge in [0, 0.05) is 36.8 Å². The van der Waals surface area contributed by atoms with Crippen LogP contribution in [-0.2, 0) is 11.2 Å². The monoisotopic (exact) mass is 378 g/mol. The average molecular weight is 379 g/mol. The number of fused-ring (bicyclic) bond motifs is 1. The first-order valence-electron chi connectivity index (χ1n) is 9.63. The summed E-state index contributed by atoms with van der Waals surface area (Å²) in [5.41, 5.74) is 2.03. The van der Waals surface area contributed by atoms with Crippen LogP contribution in [0.5, 0.6) is 0 Å². The lowest BCUT2D eigenvalue weighted by atomic mass is 10.0. The van der Waals surface area contributed by atoms with Gasteiger partial charge in [-0.2, -0.15) is 0 Å². The summed E-state index contributed by atoms with van der Waals surface area (Å²) in [4.78, 5) is 16.6. The molecule has 0 aromatic carbocycles. The van der Waals surface area contributed by atoms with Crippen LogP contribution < -0.4 is 4.90 Å². The standard InChI is InChI=1S/C19H27ClN4O2/c1-19(2,3)26-18(25)23-9-4-5-13(11-23)24-10-8-14-15(12-6-7-12)16(20)21-22-17(14)24/h12-13H,4-11H2,1-3H3/t13-/m1/s1. The summed E-state index contributed by atoms with van der Waals surface area (Å²) >= 11 is 6.34. The summed E-state index contributed by atoms with van der Waals surface area (Å²) in [5, 5.41) is 9.23. The Morgan fingerprint density at radius 3 is 2.65 bits per heavy atom. The van der Waals surface area contributed by atoms with E-state index in [-0.39, 0.29) is 12.1 Å². The molecule has 0 N–H and O–H groups in total. The molecule has 1 atom stereocenters. The van der Waals surface area contributed by atoms with Crippen molar-refractivity contribution < 1.29 is 9.53 Å². The number of hydrogen-bond acceptors (Lipinski definition) is 5. The largest absolute Gasteiger partial charge is 0.444 e. The molecule has 26 heavy (non-hydrogen) atoms. The molecule has 2 fully saturated rings. The molecule has 7 heteroatoms. The van der Waals surface area contributed by atoms with Crippen LogP contribution in [0.2, 0.25) is 5.15 Å². The van der Waals surface area contributed by atoms with Crippen LogP contribution in [0.3, 0.4) is 0 Å². The number of likely N-dealkylation sites (tertiary alicyclic amines) is 1. The third-order valence-corrected chi connectivity index (χ3v) is 5.68. The number of carbonyl (C=O) groups is 1. The van der Waals surface area contributed by atoms with E-state index in [0.717, 1.165) is 38.2 Å². The van der Waals surface area contributed by atoms with Gasteiger partial charge in [-0.3, -0.25) is 0 Å². The minimum Gasteiger partial charge on any atom is -0.444 e. The molecular formula is C19H27ClN4O2. The van der Waals surface area contributed by atoms with Crippen molar-refractivity contribution in [2.45, 2.75) is 70.4 Å².